The van der Waals surface area contributed by atoms with Crippen molar-refractivity contribution in [3.63, 3.8) is 0 Å². The second-order valence-corrected chi connectivity index (χ2v) is 8.30. The van der Waals surface area contributed by atoms with Gasteiger partial charge in [0.2, 0.25) is 0 Å². The van der Waals surface area contributed by atoms with Gasteiger partial charge in [0.05, 0.1) is 10.6 Å². The minimum Gasteiger partial charge on any atom is -0.484 e. The Bertz CT molecular complexity index is 1340. The van der Waals surface area contributed by atoms with Gasteiger partial charge in [-0.1, -0.05) is 61.8 Å². The standard InChI is InChI=1S/C27H24ClNO4/c1-3-17(2)18-8-11-21(12-9-18)32-16-26(30)29-20-10-13-22(24(28)15-20)23-14-19-6-4-5-7-25(19)33-27(23)31/h4-15,17H,3,16H2,1-2H3,(H,29,30)/t17-/m1/s1. The minimum absolute atomic E-state index is 0.129. The van der Waals surface area contributed by atoms with E-state index in [1.807, 2.05) is 36.4 Å². The van der Waals surface area contributed by atoms with Crippen molar-refractivity contribution >= 4 is 34.2 Å². The highest BCUT2D eigenvalue weighted by atomic mass is 35.5. The molecule has 1 aromatic heterocycles. The second kappa shape index (κ2) is 9.92. The maximum Gasteiger partial charge on any atom is 0.344 e. The van der Waals surface area contributed by atoms with Crippen molar-refractivity contribution < 1.29 is 13.9 Å². The zero-order valence-corrected chi connectivity index (χ0v) is 19.2. The van der Waals surface area contributed by atoms with E-state index in [9.17, 15) is 9.59 Å². The molecule has 5 nitrogen and oxygen atoms in total. The van der Waals surface area contributed by atoms with Gasteiger partial charge >= 0.3 is 5.63 Å². The summed E-state index contributed by atoms with van der Waals surface area (Å²) in [5.74, 6) is 0.805. The van der Waals surface area contributed by atoms with Crippen LogP contribution in [-0.4, -0.2) is 12.5 Å². The zero-order valence-electron chi connectivity index (χ0n) is 18.4. The number of amides is 1. The van der Waals surface area contributed by atoms with Gasteiger partial charge in [-0.2, -0.15) is 0 Å². The summed E-state index contributed by atoms with van der Waals surface area (Å²) >= 11 is 6.43. The average Bonchev–Trinajstić information content (AvgIpc) is 2.82. The fourth-order valence-electron chi connectivity index (χ4n) is 3.54. The van der Waals surface area contributed by atoms with Crippen LogP contribution >= 0.6 is 11.6 Å². The number of benzene rings is 3. The molecule has 0 saturated heterocycles. The maximum absolute atomic E-state index is 12.4. The third kappa shape index (κ3) is 5.26. The number of carbonyl (C=O) groups is 1. The topological polar surface area (TPSA) is 68.5 Å². The fraction of sp³-hybridized carbons (Fsp3) is 0.185. The Morgan fingerprint density at radius 2 is 1.79 bits per heavy atom. The largest absolute Gasteiger partial charge is 0.484 e. The summed E-state index contributed by atoms with van der Waals surface area (Å²) in [6, 6.07) is 21.8. The van der Waals surface area contributed by atoms with Gasteiger partial charge in [-0.25, -0.2) is 4.79 Å². The molecule has 168 valence electrons. The normalized spacial score (nSPS) is 11.8. The van der Waals surface area contributed by atoms with Gasteiger partial charge in [0.15, 0.2) is 6.61 Å². The molecule has 0 aliphatic rings. The summed E-state index contributed by atoms with van der Waals surface area (Å²) in [6.07, 6.45) is 1.07. The van der Waals surface area contributed by atoms with Crippen molar-refractivity contribution in [1.29, 1.82) is 0 Å². The molecule has 0 radical (unpaired) electrons. The summed E-state index contributed by atoms with van der Waals surface area (Å²) < 4.78 is 11.0. The van der Waals surface area contributed by atoms with Gasteiger partial charge in [-0.15, -0.1) is 0 Å². The first-order valence-corrected chi connectivity index (χ1v) is 11.2. The van der Waals surface area contributed by atoms with E-state index in [-0.39, 0.29) is 12.5 Å². The van der Waals surface area contributed by atoms with E-state index in [0.717, 1.165) is 11.8 Å². The molecule has 1 amide bonds. The molecular weight excluding hydrogens is 438 g/mol. The predicted molar refractivity (Wildman–Crippen MR) is 132 cm³/mol. The molecule has 1 N–H and O–H groups in total. The Balaban J connectivity index is 1.43. The zero-order chi connectivity index (χ0) is 23.4. The van der Waals surface area contributed by atoms with E-state index in [1.165, 1.54) is 5.56 Å². The van der Waals surface area contributed by atoms with Gasteiger partial charge in [-0.05, 0) is 54.3 Å². The van der Waals surface area contributed by atoms with Crippen LogP contribution in [0.15, 0.2) is 82.0 Å². The van der Waals surface area contributed by atoms with Gasteiger partial charge in [0.1, 0.15) is 11.3 Å². The highest BCUT2D eigenvalue weighted by Gasteiger charge is 2.13. The third-order valence-electron chi connectivity index (χ3n) is 5.62. The van der Waals surface area contributed by atoms with Crippen LogP contribution in [0, 0.1) is 0 Å². The quantitative estimate of drug-likeness (QED) is 0.313. The van der Waals surface area contributed by atoms with Crippen molar-refractivity contribution in [2.24, 2.45) is 0 Å². The molecule has 0 fully saturated rings. The van der Waals surface area contributed by atoms with Gasteiger partial charge in [-0.3, -0.25) is 4.79 Å². The number of rotatable bonds is 7. The lowest BCUT2D eigenvalue weighted by atomic mass is 9.99. The molecule has 4 rings (SSSR count). The Morgan fingerprint density at radius 1 is 1.03 bits per heavy atom. The highest BCUT2D eigenvalue weighted by molar-refractivity contribution is 6.33. The fourth-order valence-corrected chi connectivity index (χ4v) is 3.82. The molecule has 0 unspecified atom stereocenters. The highest BCUT2D eigenvalue weighted by Crippen LogP contribution is 2.30. The number of nitrogens with one attached hydrogen (secondary N) is 1. The van der Waals surface area contributed by atoms with E-state index in [0.29, 0.717) is 39.1 Å². The van der Waals surface area contributed by atoms with E-state index in [4.69, 9.17) is 20.8 Å². The van der Waals surface area contributed by atoms with Gasteiger partial charge < -0.3 is 14.5 Å². The predicted octanol–water partition coefficient (Wildman–Crippen LogP) is 6.64. The van der Waals surface area contributed by atoms with Crippen molar-refractivity contribution in [2.75, 3.05) is 11.9 Å². The summed E-state index contributed by atoms with van der Waals surface area (Å²) in [4.78, 5) is 24.8. The monoisotopic (exact) mass is 461 g/mol. The van der Waals surface area contributed by atoms with Crippen LogP contribution in [0.2, 0.25) is 5.02 Å². The van der Waals surface area contributed by atoms with Gasteiger partial charge in [0, 0.05) is 16.6 Å². The van der Waals surface area contributed by atoms with E-state index in [2.05, 4.69) is 19.2 Å². The summed E-state index contributed by atoms with van der Waals surface area (Å²) in [5.41, 5.74) is 2.69. The summed E-state index contributed by atoms with van der Waals surface area (Å²) in [5, 5.41) is 3.90. The molecule has 1 heterocycles. The van der Waals surface area contributed by atoms with Crippen LogP contribution in [0.1, 0.15) is 31.7 Å². The van der Waals surface area contributed by atoms with Gasteiger partial charge in [0.25, 0.3) is 5.91 Å². The average molecular weight is 462 g/mol. The molecule has 33 heavy (non-hydrogen) atoms. The van der Waals surface area contributed by atoms with Crippen LogP contribution in [0.5, 0.6) is 5.75 Å². The number of para-hydroxylation sites is 1. The minimum atomic E-state index is -0.472. The lowest BCUT2D eigenvalue weighted by molar-refractivity contribution is -0.118. The van der Waals surface area contributed by atoms with Crippen molar-refractivity contribution in [1.82, 2.24) is 0 Å². The molecule has 0 spiro atoms. The summed E-state index contributed by atoms with van der Waals surface area (Å²) in [6.45, 7) is 4.19. The molecule has 0 aliphatic heterocycles. The SMILES string of the molecule is CC[C@@H](C)c1ccc(OCC(=O)Nc2ccc(-c3cc4ccccc4oc3=O)c(Cl)c2)cc1. The van der Waals surface area contributed by atoms with Crippen LogP contribution < -0.4 is 15.7 Å². The molecule has 0 saturated carbocycles. The number of hydrogen-bond acceptors (Lipinski definition) is 4. The number of halogens is 1. The smallest absolute Gasteiger partial charge is 0.344 e. The second-order valence-electron chi connectivity index (χ2n) is 7.90. The lowest BCUT2D eigenvalue weighted by Crippen LogP contribution is -2.20. The molecule has 3 aromatic carbocycles. The Labute approximate surface area is 197 Å². The van der Waals surface area contributed by atoms with E-state index >= 15 is 0 Å². The number of ether oxygens (including phenoxy) is 1. The van der Waals surface area contributed by atoms with E-state index in [1.54, 1.807) is 36.4 Å². The molecule has 1 atom stereocenters. The van der Waals surface area contributed by atoms with Crippen LogP contribution in [0.25, 0.3) is 22.1 Å². The van der Waals surface area contributed by atoms with Crippen molar-refractivity contribution in [3.05, 3.63) is 93.8 Å². The molecule has 0 bridgehead atoms. The Kier molecular flexibility index (Phi) is 6.80. The van der Waals surface area contributed by atoms with Crippen LogP contribution in [0.4, 0.5) is 5.69 Å². The lowest BCUT2D eigenvalue weighted by Gasteiger charge is -2.11. The van der Waals surface area contributed by atoms with Crippen molar-refractivity contribution in [3.8, 4) is 16.9 Å². The van der Waals surface area contributed by atoms with Crippen LogP contribution in [-0.2, 0) is 4.79 Å². The Hall–Kier alpha value is -3.57. The maximum atomic E-state index is 12.4. The first-order valence-electron chi connectivity index (χ1n) is 10.8. The van der Waals surface area contributed by atoms with Crippen LogP contribution in [0.3, 0.4) is 0 Å². The number of carbonyl (C=O) groups excluding carboxylic acids is 1. The molecule has 6 heteroatoms. The molecular formula is C27H24ClNO4. The first-order chi connectivity index (χ1) is 15.9. The number of fused-ring (bicyclic) bond motifs is 1. The van der Waals surface area contributed by atoms with Crippen molar-refractivity contribution in [2.45, 2.75) is 26.2 Å². The molecule has 0 aliphatic carbocycles. The summed E-state index contributed by atoms with van der Waals surface area (Å²) in [7, 11) is 0. The Morgan fingerprint density at radius 3 is 2.52 bits per heavy atom. The molecule has 4 aromatic rings. The number of hydrogen-bond donors (Lipinski definition) is 1. The third-order valence-corrected chi connectivity index (χ3v) is 5.93. The number of anilines is 1. The van der Waals surface area contributed by atoms with E-state index < -0.39 is 5.63 Å². The first kappa shape index (κ1) is 22.6.